The number of halogens is 1. The smallest absolute Gasteiger partial charge is 0.336 e. The quantitative estimate of drug-likeness (QED) is 0.141. The number of alkyl halides is 1. The van der Waals surface area contributed by atoms with Gasteiger partial charge in [-0.05, 0) is 0 Å². The number of imidazole rings is 2. The zero-order valence-electron chi connectivity index (χ0n) is 23.3. The lowest BCUT2D eigenvalue weighted by molar-refractivity contribution is -0.0497. The van der Waals surface area contributed by atoms with Crippen molar-refractivity contribution in [3.8, 4) is 0 Å². The molecule has 7 rings (SSSR count). The van der Waals surface area contributed by atoms with Crippen LogP contribution in [0, 0.1) is 0 Å². The van der Waals surface area contributed by atoms with E-state index >= 15 is 4.39 Å². The van der Waals surface area contributed by atoms with E-state index in [0.29, 0.717) is 0 Å². The summed E-state index contributed by atoms with van der Waals surface area (Å²) in [6.07, 6.45) is -7.26. The van der Waals surface area contributed by atoms with Crippen LogP contribution in [0.3, 0.4) is 0 Å². The third-order valence-electron chi connectivity index (χ3n) is 7.56. The number of ether oxygens (including phenoxy) is 3. The van der Waals surface area contributed by atoms with E-state index in [2.05, 4.69) is 34.6 Å². The van der Waals surface area contributed by atoms with Crippen molar-refractivity contribution in [3.63, 3.8) is 0 Å². The molecule has 0 radical (unpaired) electrons. The minimum Gasteiger partial charge on any atom is -0.691 e. The predicted molar refractivity (Wildman–Crippen MR) is 160 cm³/mol. The van der Waals surface area contributed by atoms with Crippen molar-refractivity contribution in [2.24, 2.45) is 0 Å². The van der Waals surface area contributed by atoms with Crippen LogP contribution in [0.5, 0.6) is 0 Å². The fourth-order valence-corrected chi connectivity index (χ4v) is 8.39. The SMILES string of the molecule is CO[C@@H]1[C@H]2OS(=O)(=O)NC[C@H]3O[C@@H](n4cnc5c(N)ncnc54)[C@H](F)[C@@H]3OP(=S)([S-])OC[C@H]1O[C@H]2n1cnc2c(=O)[nH]c(N)nc21. The maximum atomic E-state index is 16.1. The molecule has 0 aromatic carbocycles. The Morgan fingerprint density at radius 3 is 2.57 bits per heavy atom. The number of rotatable bonds is 3. The number of nitrogens with two attached hydrogens (primary N) is 2. The van der Waals surface area contributed by atoms with Gasteiger partial charge in [0.2, 0.25) is 5.95 Å². The van der Waals surface area contributed by atoms with Crippen LogP contribution in [0.1, 0.15) is 12.5 Å². The first kappa shape index (κ1) is 31.7. The molecule has 3 fully saturated rings. The van der Waals surface area contributed by atoms with E-state index in [9.17, 15) is 13.2 Å². The number of anilines is 2. The van der Waals surface area contributed by atoms with Crippen molar-refractivity contribution in [1.29, 1.82) is 0 Å². The Kier molecular flexibility index (Phi) is 8.03. The molecule has 1 unspecified atom stereocenters. The summed E-state index contributed by atoms with van der Waals surface area (Å²) < 4.78 is 82.5. The second-order valence-electron chi connectivity index (χ2n) is 10.3. The maximum Gasteiger partial charge on any atom is 0.336 e. The van der Waals surface area contributed by atoms with Gasteiger partial charge in [0.05, 0.1) is 25.0 Å². The summed E-state index contributed by atoms with van der Waals surface area (Å²) in [6.45, 7) is -0.911. The van der Waals surface area contributed by atoms with Gasteiger partial charge in [-0.3, -0.25) is 18.9 Å². The molecule has 4 aromatic rings. The Labute approximate surface area is 267 Å². The van der Waals surface area contributed by atoms with Crippen molar-refractivity contribution in [3.05, 3.63) is 29.3 Å². The Morgan fingerprint density at radius 1 is 1.09 bits per heavy atom. The maximum absolute atomic E-state index is 16.1. The number of nitrogens with zero attached hydrogens (tertiary/aromatic N) is 7. The van der Waals surface area contributed by atoms with Crippen LogP contribution in [0.15, 0.2) is 23.8 Å². The van der Waals surface area contributed by atoms with Crippen LogP contribution in [0.25, 0.3) is 22.3 Å². The van der Waals surface area contributed by atoms with Crippen molar-refractivity contribution < 1.29 is 40.2 Å². The summed E-state index contributed by atoms with van der Waals surface area (Å²) in [4.78, 5) is 35.0. The molecule has 6 N–H and O–H groups in total. The van der Waals surface area contributed by atoms with Crippen LogP contribution in [0.2, 0.25) is 0 Å². The van der Waals surface area contributed by atoms with Crippen molar-refractivity contribution in [1.82, 2.24) is 43.8 Å². The third kappa shape index (κ3) is 5.55. The highest BCUT2D eigenvalue weighted by Gasteiger charge is 2.52. The number of hydrogen-bond acceptors (Lipinski definition) is 18. The zero-order valence-corrected chi connectivity index (χ0v) is 26.6. The van der Waals surface area contributed by atoms with E-state index in [-0.39, 0.29) is 40.7 Å². The van der Waals surface area contributed by atoms with Gasteiger partial charge in [-0.15, -0.1) is 0 Å². The van der Waals surface area contributed by atoms with Gasteiger partial charge in [0.15, 0.2) is 47.4 Å². The van der Waals surface area contributed by atoms with Gasteiger partial charge in [-0.1, -0.05) is 11.8 Å². The van der Waals surface area contributed by atoms with E-state index in [4.69, 9.17) is 63.0 Å². The lowest BCUT2D eigenvalue weighted by atomic mass is 10.1. The van der Waals surface area contributed by atoms with Gasteiger partial charge in [0.1, 0.15) is 36.3 Å². The fraction of sp³-hybridized carbons (Fsp3) is 0.524. The molecule has 2 bridgehead atoms. The van der Waals surface area contributed by atoms with Gasteiger partial charge >= 0.3 is 10.3 Å². The lowest BCUT2D eigenvalue weighted by Gasteiger charge is -2.34. The summed E-state index contributed by atoms with van der Waals surface area (Å²) in [7, 11) is -3.34. The second kappa shape index (κ2) is 11.7. The average Bonchev–Trinajstić information content (AvgIpc) is 3.75. The molecular weight excluding hydrogens is 696 g/mol. The molecule has 0 aliphatic carbocycles. The monoisotopic (exact) mass is 720 g/mol. The first-order valence-corrected chi connectivity index (χ1v) is 18.4. The number of hydrogen-bond donors (Lipinski definition) is 4. The molecule has 9 atom stereocenters. The second-order valence-corrected chi connectivity index (χ2v) is 16.6. The number of nitrogen functional groups attached to an aromatic ring is 2. The number of aromatic nitrogens is 8. The molecule has 3 aliphatic rings. The van der Waals surface area contributed by atoms with Gasteiger partial charge in [-0.25, -0.2) is 28.5 Å². The van der Waals surface area contributed by atoms with Gasteiger partial charge in [0, 0.05) is 13.7 Å². The summed E-state index contributed by atoms with van der Waals surface area (Å²) >= 11 is 10.9. The molecule has 4 aromatic heterocycles. The van der Waals surface area contributed by atoms with E-state index in [1.807, 2.05) is 0 Å². The summed E-state index contributed by atoms with van der Waals surface area (Å²) in [5.41, 5.74) is 7.57. The van der Waals surface area contributed by atoms with E-state index in [1.165, 1.54) is 35.2 Å². The zero-order chi connectivity index (χ0) is 32.5. The Hall–Kier alpha value is -2.90. The summed E-state index contributed by atoms with van der Waals surface area (Å²) in [6, 6.07) is 0. The number of methoxy groups -OCH3 is 1. The average molecular weight is 721 g/mol. The molecule has 0 amide bonds. The van der Waals surface area contributed by atoms with Crippen LogP contribution in [0.4, 0.5) is 16.2 Å². The largest absolute Gasteiger partial charge is 0.691 e. The Bertz CT molecular complexity index is 2030. The van der Waals surface area contributed by atoms with Gasteiger partial charge < -0.3 is 47.0 Å². The van der Waals surface area contributed by atoms with Crippen LogP contribution >= 0.6 is 5.69 Å². The summed E-state index contributed by atoms with van der Waals surface area (Å²) in [5, 5.41) is 0. The molecule has 0 spiro atoms. The minimum absolute atomic E-state index is 0.0132. The van der Waals surface area contributed by atoms with Crippen LogP contribution in [-0.4, -0.2) is 104 Å². The number of nitrogens with one attached hydrogen (secondary N) is 2. The number of H-pyrrole nitrogens is 1. The topological polar surface area (TPSA) is 261 Å². The standard InChI is InChI=1S/C21H25FN11O9PS3/c1-37-13-8-3-38-43(44,45)41-12-7(39-19(9(12)22)32-5-27-10-15(23)25-4-26-16(10)32)2-29-46(35,36)42-14(13)20(40-8)33-6-28-11-17(33)30-21(24)31-18(11)34/h4-9,12-14,19-20,29H,2-3H2,1H3,(H,44,45)(H2,23,25,26)(H3,24,30,31,34)/p-1/t7-,8-,9-,12-,13+,14-,19-,20-/m1/s1. The molecule has 46 heavy (non-hydrogen) atoms. The molecule has 3 saturated heterocycles. The van der Waals surface area contributed by atoms with Crippen molar-refractivity contribution in [2.45, 2.75) is 49.1 Å². The Balaban J connectivity index is 1.22. The predicted octanol–water partition coefficient (Wildman–Crippen LogP) is -1.32. The molecular formula is C21H24FN11O9PS3-. The number of aromatic amines is 1. The van der Waals surface area contributed by atoms with Crippen LogP contribution < -0.4 is 21.7 Å². The lowest BCUT2D eigenvalue weighted by Crippen LogP contribution is -2.44. The Morgan fingerprint density at radius 2 is 1.80 bits per heavy atom. The van der Waals surface area contributed by atoms with Gasteiger partial charge in [0.25, 0.3) is 5.56 Å². The van der Waals surface area contributed by atoms with Crippen LogP contribution in [-0.2, 0) is 61.8 Å². The van der Waals surface area contributed by atoms with E-state index < -0.39 is 77.2 Å². The van der Waals surface area contributed by atoms with Gasteiger partial charge in [-0.2, -0.15) is 18.1 Å². The summed E-state index contributed by atoms with van der Waals surface area (Å²) in [5.74, 6) is -0.150. The fourth-order valence-electron chi connectivity index (χ4n) is 5.56. The highest BCUT2D eigenvalue weighted by atomic mass is 32.9. The first-order valence-electron chi connectivity index (χ1n) is 13.3. The van der Waals surface area contributed by atoms with E-state index in [1.54, 1.807) is 0 Å². The first-order chi connectivity index (χ1) is 21.9. The molecule has 3 aliphatic heterocycles. The minimum atomic E-state index is -4.64. The normalized spacial score (nSPS) is 35.0. The van der Waals surface area contributed by atoms with Crippen molar-refractivity contribution in [2.75, 3.05) is 31.7 Å². The molecule has 25 heteroatoms. The molecule has 0 saturated carbocycles. The van der Waals surface area contributed by atoms with E-state index in [0.717, 1.165) is 0 Å². The number of fused-ring (bicyclic) bond motifs is 5. The molecule has 7 heterocycles. The third-order valence-corrected chi connectivity index (χ3v) is 10.7. The highest BCUT2D eigenvalue weighted by molar-refractivity contribution is 8.51. The highest BCUT2D eigenvalue weighted by Crippen LogP contribution is 2.52. The molecule has 20 nitrogen and oxygen atoms in total. The molecule has 248 valence electrons. The van der Waals surface area contributed by atoms with Crippen molar-refractivity contribution >= 4 is 74.1 Å².